The van der Waals surface area contributed by atoms with Crippen molar-refractivity contribution in [3.63, 3.8) is 0 Å². The molecule has 10 heteroatoms. The first-order chi connectivity index (χ1) is 21.5. The van der Waals surface area contributed by atoms with Gasteiger partial charge in [-0.1, -0.05) is 41.7 Å². The second-order valence-corrected chi connectivity index (χ2v) is 11.1. The quantitative estimate of drug-likeness (QED) is 0.121. The lowest BCUT2D eigenvalue weighted by Gasteiger charge is -2.23. The van der Waals surface area contributed by atoms with E-state index in [9.17, 15) is 14.7 Å². The molecule has 1 fully saturated rings. The van der Waals surface area contributed by atoms with Gasteiger partial charge in [0.25, 0.3) is 5.78 Å². The van der Waals surface area contributed by atoms with Crippen molar-refractivity contribution in [3.8, 4) is 28.7 Å². The third kappa shape index (κ3) is 4.99. The number of anilines is 1. The number of aliphatic hydroxyl groups excluding tert-OH is 1. The number of hydrogen-bond acceptors (Lipinski definition) is 9. The maximum absolute atomic E-state index is 13.8. The van der Waals surface area contributed by atoms with Gasteiger partial charge in [-0.15, -0.1) is 0 Å². The maximum atomic E-state index is 13.8. The van der Waals surface area contributed by atoms with Gasteiger partial charge < -0.3 is 24.1 Å². The minimum atomic E-state index is -0.991. The number of thiazole rings is 1. The van der Waals surface area contributed by atoms with Crippen LogP contribution in [0.5, 0.6) is 28.7 Å². The molecule has 2 aliphatic rings. The summed E-state index contributed by atoms with van der Waals surface area (Å²) in [6, 6.07) is 25.8. The van der Waals surface area contributed by atoms with Crippen LogP contribution in [-0.2, 0) is 9.59 Å². The van der Waals surface area contributed by atoms with E-state index in [-0.39, 0.29) is 11.3 Å². The van der Waals surface area contributed by atoms with Gasteiger partial charge in [-0.2, -0.15) is 0 Å². The molecule has 1 atom stereocenters. The average molecular weight is 607 g/mol. The van der Waals surface area contributed by atoms with Crippen LogP contribution in [0.3, 0.4) is 0 Å². The average Bonchev–Trinajstić information content (AvgIpc) is 3.58. The number of rotatable bonds is 7. The molecule has 0 aliphatic carbocycles. The molecule has 0 saturated carbocycles. The zero-order valence-electron chi connectivity index (χ0n) is 23.6. The number of amides is 1. The number of Topliss-reactive ketones (excluding diaryl/α,β-unsaturated/α-hetero) is 1. The Morgan fingerprint density at radius 3 is 2.52 bits per heavy atom. The smallest absolute Gasteiger partial charge is 0.301 e. The third-order valence-corrected chi connectivity index (χ3v) is 8.30. The first-order valence-electron chi connectivity index (χ1n) is 14.1. The Morgan fingerprint density at radius 1 is 0.909 bits per heavy atom. The van der Waals surface area contributed by atoms with Crippen molar-refractivity contribution < 1.29 is 33.6 Å². The summed E-state index contributed by atoms with van der Waals surface area (Å²) in [6.45, 7) is 3.18. The molecular formula is C34H26N2O7S. The van der Waals surface area contributed by atoms with Crippen molar-refractivity contribution in [3.05, 3.63) is 108 Å². The van der Waals surface area contributed by atoms with Crippen molar-refractivity contribution in [2.24, 2.45) is 0 Å². The van der Waals surface area contributed by atoms with E-state index in [4.69, 9.17) is 23.9 Å². The number of aromatic nitrogens is 1. The van der Waals surface area contributed by atoms with Gasteiger partial charge in [0.15, 0.2) is 16.6 Å². The van der Waals surface area contributed by atoms with Crippen molar-refractivity contribution >= 4 is 44.1 Å². The van der Waals surface area contributed by atoms with Gasteiger partial charge in [-0.25, -0.2) is 4.98 Å². The predicted molar refractivity (Wildman–Crippen MR) is 166 cm³/mol. The zero-order valence-corrected chi connectivity index (χ0v) is 24.4. The molecule has 1 amide bonds. The van der Waals surface area contributed by atoms with Crippen molar-refractivity contribution in [2.45, 2.75) is 13.0 Å². The van der Waals surface area contributed by atoms with Gasteiger partial charge in [0.1, 0.15) is 36.2 Å². The van der Waals surface area contributed by atoms with E-state index < -0.39 is 17.7 Å². The minimum Gasteiger partial charge on any atom is -0.507 e. The number of ether oxygens (including phenoxy) is 4. The Kier molecular flexibility index (Phi) is 7.11. The molecule has 7 rings (SSSR count). The third-order valence-electron chi connectivity index (χ3n) is 7.28. The Morgan fingerprint density at radius 2 is 1.70 bits per heavy atom. The summed E-state index contributed by atoms with van der Waals surface area (Å²) < 4.78 is 23.8. The van der Waals surface area contributed by atoms with E-state index in [1.165, 1.54) is 16.2 Å². The first-order valence-corrected chi connectivity index (χ1v) is 14.9. The summed E-state index contributed by atoms with van der Waals surface area (Å²) >= 11 is 1.26. The summed E-state index contributed by atoms with van der Waals surface area (Å²) in [6.07, 6.45) is 0. The monoisotopic (exact) mass is 606 g/mol. The van der Waals surface area contributed by atoms with E-state index >= 15 is 0 Å². The molecule has 0 radical (unpaired) electrons. The number of aliphatic hydroxyl groups is 1. The fraction of sp³-hybridized carbons (Fsp3) is 0.147. The molecule has 5 aromatic rings. The summed E-state index contributed by atoms with van der Waals surface area (Å²) in [4.78, 5) is 33.6. The van der Waals surface area contributed by atoms with Crippen molar-refractivity contribution in [1.82, 2.24) is 4.98 Å². The van der Waals surface area contributed by atoms with Crippen LogP contribution >= 0.6 is 11.3 Å². The van der Waals surface area contributed by atoms with Gasteiger partial charge in [-0.3, -0.25) is 14.5 Å². The zero-order chi connectivity index (χ0) is 30.2. The number of fused-ring (bicyclic) bond motifs is 2. The standard InChI is InChI=1S/C34H26N2O7S/c1-2-40-23-12-13-25-28(19-23)44-34(35-25)36-30(20-7-6-10-24(17-20)43-22-8-4-3-5-9-22)29(32(38)33(36)39)31(37)21-11-14-26-27(18-21)42-16-15-41-26/h3-14,17-19,30,37H,2,15-16H2,1H3/b31-29+/t30-/m1/s1. The number of carbonyl (C=O) groups is 2. The summed E-state index contributed by atoms with van der Waals surface area (Å²) in [5, 5.41) is 12.0. The molecule has 4 aromatic carbocycles. The number of hydrogen-bond donors (Lipinski definition) is 1. The highest BCUT2D eigenvalue weighted by atomic mass is 32.1. The molecule has 0 bridgehead atoms. The molecule has 3 heterocycles. The highest BCUT2D eigenvalue weighted by Crippen LogP contribution is 2.46. The number of ketones is 1. The lowest BCUT2D eigenvalue weighted by atomic mass is 9.95. The summed E-state index contributed by atoms with van der Waals surface area (Å²) in [5.41, 5.74) is 1.46. The van der Waals surface area contributed by atoms with E-state index in [0.717, 1.165) is 4.70 Å². The Hall–Kier alpha value is -5.35. The Labute approximate surface area is 256 Å². The van der Waals surface area contributed by atoms with E-state index in [1.807, 2.05) is 55.5 Å². The van der Waals surface area contributed by atoms with Crippen LogP contribution in [0.15, 0.2) is 96.6 Å². The molecule has 1 aromatic heterocycles. The van der Waals surface area contributed by atoms with Crippen LogP contribution in [0, 0.1) is 0 Å². The Bertz CT molecular complexity index is 1940. The summed E-state index contributed by atoms with van der Waals surface area (Å²) in [5.74, 6) is 0.839. The minimum absolute atomic E-state index is 0.0715. The molecule has 1 N–H and O–H groups in total. The Balaban J connectivity index is 1.37. The highest BCUT2D eigenvalue weighted by molar-refractivity contribution is 7.22. The molecule has 220 valence electrons. The van der Waals surface area contributed by atoms with Gasteiger partial charge >= 0.3 is 5.91 Å². The molecule has 2 aliphatic heterocycles. The van der Waals surface area contributed by atoms with Crippen LogP contribution < -0.4 is 23.8 Å². The van der Waals surface area contributed by atoms with Crippen LogP contribution in [0.4, 0.5) is 5.13 Å². The lowest BCUT2D eigenvalue weighted by molar-refractivity contribution is -0.132. The fourth-order valence-electron chi connectivity index (χ4n) is 5.32. The van der Waals surface area contributed by atoms with E-state index in [1.54, 1.807) is 42.5 Å². The number of para-hydroxylation sites is 1. The van der Waals surface area contributed by atoms with Crippen LogP contribution in [-0.4, -0.2) is 41.6 Å². The topological polar surface area (TPSA) is 107 Å². The first kappa shape index (κ1) is 27.5. The largest absolute Gasteiger partial charge is 0.507 e. The van der Waals surface area contributed by atoms with E-state index in [2.05, 4.69) is 0 Å². The summed E-state index contributed by atoms with van der Waals surface area (Å²) in [7, 11) is 0. The van der Waals surface area contributed by atoms with Crippen LogP contribution in [0.1, 0.15) is 24.1 Å². The second kappa shape index (κ2) is 11.4. The van der Waals surface area contributed by atoms with Crippen molar-refractivity contribution in [1.29, 1.82) is 0 Å². The van der Waals surface area contributed by atoms with Crippen molar-refractivity contribution in [2.75, 3.05) is 24.7 Å². The van der Waals surface area contributed by atoms with Crippen LogP contribution in [0.2, 0.25) is 0 Å². The lowest BCUT2D eigenvalue weighted by Crippen LogP contribution is -2.29. The normalized spacial score (nSPS) is 17.2. The molecule has 9 nitrogen and oxygen atoms in total. The molecule has 0 unspecified atom stereocenters. The van der Waals surface area contributed by atoms with Gasteiger partial charge in [0.2, 0.25) is 0 Å². The number of nitrogens with zero attached hydrogens (tertiary/aromatic N) is 2. The number of benzene rings is 4. The van der Waals surface area contributed by atoms with Crippen LogP contribution in [0.25, 0.3) is 16.0 Å². The SMILES string of the molecule is CCOc1ccc2nc(N3C(=O)C(=O)/C(=C(/O)c4ccc5c(c4)OCCO5)[C@H]3c3cccc(Oc4ccccc4)c3)sc2c1. The number of carbonyl (C=O) groups excluding carboxylic acids is 2. The molecule has 44 heavy (non-hydrogen) atoms. The van der Waals surface area contributed by atoms with Gasteiger partial charge in [-0.05, 0) is 73.2 Å². The van der Waals surface area contributed by atoms with Gasteiger partial charge in [0.05, 0.1) is 28.4 Å². The fourth-order valence-corrected chi connectivity index (χ4v) is 6.34. The maximum Gasteiger partial charge on any atom is 0.301 e. The molecule has 0 spiro atoms. The second-order valence-electron chi connectivity index (χ2n) is 10.1. The van der Waals surface area contributed by atoms with E-state index in [0.29, 0.717) is 70.3 Å². The van der Waals surface area contributed by atoms with Gasteiger partial charge in [0, 0.05) is 5.56 Å². The predicted octanol–water partition coefficient (Wildman–Crippen LogP) is 6.88. The highest BCUT2D eigenvalue weighted by Gasteiger charge is 2.48. The molecular weight excluding hydrogens is 580 g/mol. The molecule has 1 saturated heterocycles.